The van der Waals surface area contributed by atoms with E-state index >= 15 is 0 Å². The van der Waals surface area contributed by atoms with E-state index in [1.54, 1.807) is 18.2 Å². The van der Waals surface area contributed by atoms with Crippen molar-refractivity contribution in [1.29, 1.82) is 0 Å². The van der Waals surface area contributed by atoms with Crippen LogP contribution in [-0.4, -0.2) is 19.6 Å². The van der Waals surface area contributed by atoms with Crippen molar-refractivity contribution >= 4 is 10.4 Å². The van der Waals surface area contributed by atoms with E-state index in [4.69, 9.17) is 9.29 Å². The lowest BCUT2D eigenvalue weighted by atomic mass is 10.3. The van der Waals surface area contributed by atoms with Gasteiger partial charge in [0.15, 0.2) is 11.5 Å². The minimum Gasteiger partial charge on any atom is -0.490 e. The lowest BCUT2D eigenvalue weighted by molar-refractivity contribution is 0.295. The molecule has 1 rings (SSSR count). The zero-order chi connectivity index (χ0) is 12.0. The maximum absolute atomic E-state index is 10.6. The van der Waals surface area contributed by atoms with Crippen LogP contribution in [0.2, 0.25) is 0 Å². The van der Waals surface area contributed by atoms with Gasteiger partial charge < -0.3 is 8.92 Å². The Morgan fingerprint density at radius 1 is 1.25 bits per heavy atom. The van der Waals surface area contributed by atoms with Gasteiger partial charge >= 0.3 is 10.4 Å². The first-order chi connectivity index (χ1) is 7.53. The largest absolute Gasteiger partial charge is 0.490 e. The highest BCUT2D eigenvalue weighted by atomic mass is 32.3. The molecule has 0 saturated carbocycles. The number of benzene rings is 1. The second-order valence-corrected chi connectivity index (χ2v) is 4.18. The fourth-order valence-corrected chi connectivity index (χ4v) is 1.44. The molecule has 0 fully saturated rings. The summed E-state index contributed by atoms with van der Waals surface area (Å²) >= 11 is 0. The van der Waals surface area contributed by atoms with Gasteiger partial charge in [0.05, 0.1) is 6.61 Å². The number of para-hydroxylation sites is 2. The van der Waals surface area contributed by atoms with Crippen LogP contribution in [-0.2, 0) is 10.4 Å². The molecule has 0 atom stereocenters. The van der Waals surface area contributed by atoms with E-state index in [0.29, 0.717) is 12.4 Å². The van der Waals surface area contributed by atoms with Crippen LogP contribution in [0.3, 0.4) is 0 Å². The predicted octanol–water partition coefficient (Wildman–Crippen LogP) is 2.05. The molecule has 0 heterocycles. The minimum absolute atomic E-state index is 0.0129. The van der Waals surface area contributed by atoms with Crippen LogP contribution in [0.25, 0.3) is 0 Å². The smallest absolute Gasteiger partial charge is 0.446 e. The zero-order valence-corrected chi connectivity index (χ0v) is 9.74. The number of hydrogen-bond donors (Lipinski definition) is 1. The summed E-state index contributed by atoms with van der Waals surface area (Å²) in [5, 5.41) is 0. The van der Waals surface area contributed by atoms with Gasteiger partial charge in [-0.25, -0.2) is 0 Å². The minimum atomic E-state index is -4.51. The summed E-state index contributed by atoms with van der Waals surface area (Å²) in [6, 6.07) is 6.27. The summed E-state index contributed by atoms with van der Waals surface area (Å²) in [6.07, 6.45) is 1.83. The highest BCUT2D eigenvalue weighted by Gasteiger charge is 2.11. The van der Waals surface area contributed by atoms with E-state index in [9.17, 15) is 8.42 Å². The molecule has 0 amide bonds. The van der Waals surface area contributed by atoms with Crippen LogP contribution < -0.4 is 8.92 Å². The zero-order valence-electron chi connectivity index (χ0n) is 8.92. The van der Waals surface area contributed by atoms with E-state index in [-0.39, 0.29) is 5.75 Å². The Kier molecular flexibility index (Phi) is 4.57. The Bertz CT molecular complexity index is 427. The molecule has 0 aliphatic heterocycles. The highest BCUT2D eigenvalue weighted by Crippen LogP contribution is 2.27. The van der Waals surface area contributed by atoms with Crippen molar-refractivity contribution in [2.75, 3.05) is 6.61 Å². The molecular weight excluding hydrogens is 232 g/mol. The third-order valence-corrected chi connectivity index (χ3v) is 2.19. The van der Waals surface area contributed by atoms with Crippen LogP contribution in [0, 0.1) is 0 Å². The molecule has 0 aromatic heterocycles. The molecular formula is C10H14O5S. The van der Waals surface area contributed by atoms with E-state index in [0.717, 1.165) is 12.8 Å². The fraction of sp³-hybridized carbons (Fsp3) is 0.400. The molecule has 0 bridgehead atoms. The van der Waals surface area contributed by atoms with E-state index in [2.05, 4.69) is 4.18 Å². The van der Waals surface area contributed by atoms with Crippen molar-refractivity contribution < 1.29 is 21.9 Å². The monoisotopic (exact) mass is 246 g/mol. The van der Waals surface area contributed by atoms with Gasteiger partial charge in [0.25, 0.3) is 0 Å². The second kappa shape index (κ2) is 5.72. The first-order valence-electron chi connectivity index (χ1n) is 4.91. The van der Waals surface area contributed by atoms with E-state index < -0.39 is 10.4 Å². The van der Waals surface area contributed by atoms with Gasteiger partial charge in [-0.05, 0) is 18.6 Å². The van der Waals surface area contributed by atoms with Gasteiger partial charge in [-0.15, -0.1) is 0 Å². The Labute approximate surface area is 95.0 Å². The summed E-state index contributed by atoms with van der Waals surface area (Å²) < 4.78 is 39.4. The summed E-state index contributed by atoms with van der Waals surface area (Å²) in [7, 11) is -4.51. The van der Waals surface area contributed by atoms with E-state index in [1.807, 2.05) is 6.92 Å². The molecule has 0 spiro atoms. The molecule has 0 aliphatic carbocycles. The van der Waals surface area contributed by atoms with Gasteiger partial charge in [-0.2, -0.15) is 8.42 Å². The standard InChI is InChI=1S/C10H14O5S/c1-2-3-8-14-9-6-4-5-7-10(9)15-16(11,12)13/h4-7H,2-3,8H2,1H3,(H,11,12,13). The first kappa shape index (κ1) is 12.8. The van der Waals surface area contributed by atoms with Gasteiger partial charge in [0.2, 0.25) is 0 Å². The molecule has 0 radical (unpaired) electrons. The van der Waals surface area contributed by atoms with E-state index in [1.165, 1.54) is 6.07 Å². The van der Waals surface area contributed by atoms with Crippen molar-refractivity contribution in [3.05, 3.63) is 24.3 Å². The first-order valence-corrected chi connectivity index (χ1v) is 6.28. The van der Waals surface area contributed by atoms with Crippen LogP contribution in [0.15, 0.2) is 24.3 Å². The van der Waals surface area contributed by atoms with Crippen LogP contribution >= 0.6 is 0 Å². The third kappa shape index (κ3) is 4.50. The van der Waals surface area contributed by atoms with Gasteiger partial charge in [0.1, 0.15) is 0 Å². The number of rotatable bonds is 6. The lowest BCUT2D eigenvalue weighted by Crippen LogP contribution is -2.08. The Morgan fingerprint density at radius 3 is 2.44 bits per heavy atom. The van der Waals surface area contributed by atoms with Crippen LogP contribution in [0.1, 0.15) is 19.8 Å². The molecule has 1 N–H and O–H groups in total. The molecule has 0 saturated heterocycles. The van der Waals surface area contributed by atoms with Gasteiger partial charge in [-0.3, -0.25) is 4.55 Å². The fourth-order valence-electron chi connectivity index (χ4n) is 1.08. The van der Waals surface area contributed by atoms with Crippen molar-refractivity contribution in [3.8, 4) is 11.5 Å². The summed E-state index contributed by atoms with van der Waals surface area (Å²) in [5.74, 6) is 0.287. The molecule has 6 heteroatoms. The number of unbranched alkanes of at least 4 members (excludes halogenated alkanes) is 1. The van der Waals surface area contributed by atoms with Crippen molar-refractivity contribution in [3.63, 3.8) is 0 Å². The Hall–Kier alpha value is -1.27. The van der Waals surface area contributed by atoms with Gasteiger partial charge in [-0.1, -0.05) is 25.5 Å². The maximum Gasteiger partial charge on any atom is 0.446 e. The highest BCUT2D eigenvalue weighted by molar-refractivity contribution is 7.81. The second-order valence-electron chi connectivity index (χ2n) is 3.16. The van der Waals surface area contributed by atoms with Gasteiger partial charge in [0, 0.05) is 0 Å². The number of hydrogen-bond acceptors (Lipinski definition) is 4. The van der Waals surface area contributed by atoms with Crippen molar-refractivity contribution in [2.45, 2.75) is 19.8 Å². The SMILES string of the molecule is CCCCOc1ccccc1OS(=O)(=O)O. The quantitative estimate of drug-likeness (QED) is 0.614. The maximum atomic E-state index is 10.6. The summed E-state index contributed by atoms with van der Waals surface area (Å²) in [5.41, 5.74) is 0. The summed E-state index contributed by atoms with van der Waals surface area (Å²) in [6.45, 7) is 2.49. The molecule has 1 aromatic rings. The average Bonchev–Trinajstić information content (AvgIpc) is 2.19. The lowest BCUT2D eigenvalue weighted by Gasteiger charge is -2.09. The Morgan fingerprint density at radius 2 is 1.88 bits per heavy atom. The molecule has 0 aliphatic rings. The average molecular weight is 246 g/mol. The van der Waals surface area contributed by atoms with Crippen LogP contribution in [0.4, 0.5) is 0 Å². The molecule has 16 heavy (non-hydrogen) atoms. The molecule has 0 unspecified atom stereocenters. The molecule has 5 nitrogen and oxygen atoms in total. The third-order valence-electron chi connectivity index (χ3n) is 1.80. The molecule has 90 valence electrons. The van der Waals surface area contributed by atoms with Crippen molar-refractivity contribution in [2.24, 2.45) is 0 Å². The number of ether oxygens (including phenoxy) is 1. The topological polar surface area (TPSA) is 72.8 Å². The summed E-state index contributed by atoms with van der Waals surface area (Å²) in [4.78, 5) is 0. The van der Waals surface area contributed by atoms with Crippen LogP contribution in [0.5, 0.6) is 11.5 Å². The Balaban J connectivity index is 2.75. The van der Waals surface area contributed by atoms with Crippen molar-refractivity contribution in [1.82, 2.24) is 0 Å². The molecule has 1 aromatic carbocycles. The predicted molar refractivity (Wildman–Crippen MR) is 59.0 cm³/mol. The normalized spacial score (nSPS) is 11.1.